The monoisotopic (exact) mass is 342 g/mol. The number of nitrogens with zero attached hydrogens (tertiary/aromatic N) is 2. The zero-order chi connectivity index (χ0) is 15.1. The first-order valence-electron chi connectivity index (χ1n) is 6.25. The fraction of sp³-hybridized carbons (Fsp3) is 0.133. The number of fused-ring (bicyclic) bond motifs is 1. The highest BCUT2D eigenvalue weighted by Gasteiger charge is 2.19. The number of aromatic nitrogens is 2. The van der Waals surface area contributed by atoms with Crippen LogP contribution in [0.5, 0.6) is 0 Å². The molecule has 21 heavy (non-hydrogen) atoms. The Labute approximate surface area is 136 Å². The summed E-state index contributed by atoms with van der Waals surface area (Å²) in [6.45, 7) is 1.81. The van der Waals surface area contributed by atoms with Crippen LogP contribution in [0, 0.1) is 5.82 Å². The Bertz CT molecular complexity index is 827. The summed E-state index contributed by atoms with van der Waals surface area (Å²) in [5.74, 6) is 0.202. The van der Waals surface area contributed by atoms with Crippen LogP contribution in [-0.2, 0) is 0 Å². The maximum absolute atomic E-state index is 13.3. The Balaban J connectivity index is 2.41. The smallest absolute Gasteiger partial charge is 0.132 e. The standard InChI is InChI=1S/C15H10Cl3FN2/c1-8(16)15-20-12-4-2-3-10(17)14(12)21(15)13-6-5-9(19)7-11(13)18/h2-8H,1H3. The summed E-state index contributed by atoms with van der Waals surface area (Å²) in [5.41, 5.74) is 2.01. The lowest BCUT2D eigenvalue weighted by Crippen LogP contribution is -2.03. The molecular formula is C15H10Cl3FN2. The molecular weight excluding hydrogens is 334 g/mol. The van der Waals surface area contributed by atoms with E-state index in [0.29, 0.717) is 27.6 Å². The van der Waals surface area contributed by atoms with Gasteiger partial charge in [-0.15, -0.1) is 11.6 Å². The lowest BCUT2D eigenvalue weighted by Gasteiger charge is -2.13. The summed E-state index contributed by atoms with van der Waals surface area (Å²) in [7, 11) is 0. The molecule has 1 aromatic heterocycles. The first-order valence-corrected chi connectivity index (χ1v) is 7.44. The number of para-hydroxylation sites is 1. The van der Waals surface area contributed by atoms with E-state index in [1.165, 1.54) is 12.1 Å². The third-order valence-electron chi connectivity index (χ3n) is 3.16. The molecule has 0 N–H and O–H groups in total. The maximum Gasteiger partial charge on any atom is 0.132 e. The predicted molar refractivity (Wildman–Crippen MR) is 85.3 cm³/mol. The molecule has 0 aliphatic carbocycles. The Hall–Kier alpha value is -1.29. The van der Waals surface area contributed by atoms with Crippen molar-refractivity contribution in [2.24, 2.45) is 0 Å². The molecule has 2 aromatic carbocycles. The molecule has 2 nitrogen and oxygen atoms in total. The minimum absolute atomic E-state index is 0.271. The average Bonchev–Trinajstić information content (AvgIpc) is 2.80. The zero-order valence-corrected chi connectivity index (χ0v) is 13.2. The van der Waals surface area contributed by atoms with Crippen LogP contribution in [0.25, 0.3) is 16.7 Å². The van der Waals surface area contributed by atoms with Crippen LogP contribution in [-0.4, -0.2) is 9.55 Å². The van der Waals surface area contributed by atoms with E-state index >= 15 is 0 Å². The number of imidazole rings is 1. The Morgan fingerprint density at radius 2 is 1.90 bits per heavy atom. The largest absolute Gasteiger partial charge is 0.292 e. The third-order valence-corrected chi connectivity index (χ3v) is 3.96. The molecule has 0 saturated heterocycles. The summed E-state index contributed by atoms with van der Waals surface area (Å²) in [4.78, 5) is 4.51. The molecule has 0 aliphatic heterocycles. The predicted octanol–water partition coefficient (Wildman–Crippen LogP) is 5.77. The van der Waals surface area contributed by atoms with E-state index in [9.17, 15) is 4.39 Å². The van der Waals surface area contributed by atoms with Gasteiger partial charge in [0.25, 0.3) is 0 Å². The highest BCUT2D eigenvalue weighted by Crippen LogP contribution is 2.34. The van der Waals surface area contributed by atoms with Crippen LogP contribution < -0.4 is 0 Å². The topological polar surface area (TPSA) is 17.8 Å². The number of alkyl halides is 1. The van der Waals surface area contributed by atoms with E-state index in [2.05, 4.69) is 4.98 Å². The van der Waals surface area contributed by atoms with Gasteiger partial charge < -0.3 is 0 Å². The zero-order valence-electron chi connectivity index (χ0n) is 10.9. The van der Waals surface area contributed by atoms with Gasteiger partial charge in [-0.2, -0.15) is 0 Å². The second kappa shape index (κ2) is 5.48. The quantitative estimate of drug-likeness (QED) is 0.540. The van der Waals surface area contributed by atoms with Crippen molar-refractivity contribution in [1.29, 1.82) is 0 Å². The normalized spacial score (nSPS) is 12.8. The van der Waals surface area contributed by atoms with Gasteiger partial charge in [0.1, 0.15) is 11.6 Å². The minimum Gasteiger partial charge on any atom is -0.292 e. The van der Waals surface area contributed by atoms with E-state index in [1.807, 2.05) is 19.1 Å². The van der Waals surface area contributed by atoms with Crippen molar-refractivity contribution in [1.82, 2.24) is 9.55 Å². The second-order valence-electron chi connectivity index (χ2n) is 4.62. The summed E-state index contributed by atoms with van der Waals surface area (Å²) < 4.78 is 15.1. The lowest BCUT2D eigenvalue weighted by atomic mass is 10.2. The maximum atomic E-state index is 13.3. The van der Waals surface area contributed by atoms with Crippen molar-refractivity contribution in [3.05, 3.63) is 58.1 Å². The van der Waals surface area contributed by atoms with Crippen LogP contribution in [0.15, 0.2) is 36.4 Å². The van der Waals surface area contributed by atoms with Crippen molar-refractivity contribution in [2.75, 3.05) is 0 Å². The van der Waals surface area contributed by atoms with Crippen molar-refractivity contribution in [3.8, 4) is 5.69 Å². The van der Waals surface area contributed by atoms with E-state index in [1.54, 1.807) is 16.7 Å². The molecule has 0 amide bonds. The van der Waals surface area contributed by atoms with Crippen LogP contribution in [0.4, 0.5) is 4.39 Å². The molecule has 108 valence electrons. The third kappa shape index (κ3) is 2.50. The molecule has 6 heteroatoms. The van der Waals surface area contributed by atoms with Crippen molar-refractivity contribution < 1.29 is 4.39 Å². The molecule has 0 spiro atoms. The Morgan fingerprint density at radius 3 is 2.57 bits per heavy atom. The molecule has 3 aromatic rings. The summed E-state index contributed by atoms with van der Waals surface area (Å²) >= 11 is 18.7. The van der Waals surface area contributed by atoms with E-state index in [4.69, 9.17) is 34.8 Å². The molecule has 0 fully saturated rings. The fourth-order valence-electron chi connectivity index (χ4n) is 2.28. The molecule has 0 saturated carbocycles. The van der Waals surface area contributed by atoms with E-state index in [0.717, 1.165) is 0 Å². The van der Waals surface area contributed by atoms with Crippen LogP contribution in [0.3, 0.4) is 0 Å². The fourth-order valence-corrected chi connectivity index (χ4v) is 2.93. The van der Waals surface area contributed by atoms with Crippen molar-refractivity contribution in [2.45, 2.75) is 12.3 Å². The SMILES string of the molecule is CC(Cl)c1nc2cccc(Cl)c2n1-c1ccc(F)cc1Cl. The minimum atomic E-state index is -0.403. The van der Waals surface area contributed by atoms with E-state index < -0.39 is 5.82 Å². The number of halogens is 4. The molecule has 0 aliphatic rings. The van der Waals surface area contributed by atoms with Gasteiger partial charge in [-0.25, -0.2) is 9.37 Å². The first kappa shape index (κ1) is 14.6. The molecule has 1 atom stereocenters. The number of hydrogen-bond acceptors (Lipinski definition) is 1. The van der Waals surface area contributed by atoms with Gasteiger partial charge in [0.15, 0.2) is 0 Å². The van der Waals surface area contributed by atoms with Crippen molar-refractivity contribution in [3.63, 3.8) is 0 Å². The number of benzene rings is 2. The van der Waals surface area contributed by atoms with Gasteiger partial charge in [0.2, 0.25) is 0 Å². The van der Waals surface area contributed by atoms with Crippen LogP contribution >= 0.6 is 34.8 Å². The molecule has 0 bridgehead atoms. The van der Waals surface area contributed by atoms with Gasteiger partial charge in [-0.1, -0.05) is 29.3 Å². The van der Waals surface area contributed by atoms with Gasteiger partial charge in [-0.3, -0.25) is 4.57 Å². The van der Waals surface area contributed by atoms with Crippen LogP contribution in [0.1, 0.15) is 18.1 Å². The lowest BCUT2D eigenvalue weighted by molar-refractivity contribution is 0.627. The van der Waals surface area contributed by atoms with Gasteiger partial charge in [-0.05, 0) is 37.3 Å². The molecule has 1 heterocycles. The summed E-state index contributed by atoms with van der Waals surface area (Å²) in [6.07, 6.45) is 0. The van der Waals surface area contributed by atoms with Crippen molar-refractivity contribution >= 4 is 45.8 Å². The summed E-state index contributed by atoms with van der Waals surface area (Å²) in [6, 6.07) is 9.61. The van der Waals surface area contributed by atoms with Crippen LogP contribution in [0.2, 0.25) is 10.0 Å². The number of hydrogen-bond donors (Lipinski definition) is 0. The molecule has 1 unspecified atom stereocenters. The second-order valence-corrected chi connectivity index (χ2v) is 6.09. The molecule has 3 rings (SSSR count). The highest BCUT2D eigenvalue weighted by molar-refractivity contribution is 6.35. The average molecular weight is 344 g/mol. The van der Waals surface area contributed by atoms with Gasteiger partial charge >= 0.3 is 0 Å². The van der Waals surface area contributed by atoms with Gasteiger partial charge in [0, 0.05) is 0 Å². The number of rotatable bonds is 2. The molecule has 0 radical (unpaired) electrons. The highest BCUT2D eigenvalue weighted by atomic mass is 35.5. The Morgan fingerprint density at radius 1 is 1.14 bits per heavy atom. The van der Waals surface area contributed by atoms with E-state index in [-0.39, 0.29) is 10.4 Å². The first-order chi connectivity index (χ1) is 9.99. The Kier molecular flexibility index (Phi) is 3.82. The summed E-state index contributed by atoms with van der Waals surface area (Å²) in [5, 5.41) is 0.450. The van der Waals surface area contributed by atoms with Gasteiger partial charge in [0.05, 0.1) is 32.1 Å².